The molecule has 7 heteroatoms. The maximum absolute atomic E-state index is 13.4. The van der Waals surface area contributed by atoms with E-state index in [1.54, 1.807) is 18.2 Å². The zero-order valence-electron chi connectivity index (χ0n) is 17.0. The van der Waals surface area contributed by atoms with E-state index < -0.39 is 17.7 Å². The van der Waals surface area contributed by atoms with E-state index in [1.165, 1.54) is 25.1 Å². The van der Waals surface area contributed by atoms with Gasteiger partial charge in [0.15, 0.2) is 11.5 Å². The zero-order valence-corrected chi connectivity index (χ0v) is 17.0. The lowest BCUT2D eigenvalue weighted by atomic mass is 9.80. The number of rotatable bonds is 4. The van der Waals surface area contributed by atoms with Crippen molar-refractivity contribution in [2.75, 3.05) is 0 Å². The number of carbonyl (C=O) groups is 1. The topological polar surface area (TPSA) is 63.3 Å². The van der Waals surface area contributed by atoms with Crippen LogP contribution in [0.4, 0.5) is 13.2 Å². The lowest BCUT2D eigenvalue weighted by molar-refractivity contribution is -0.138. The third-order valence-electron chi connectivity index (χ3n) is 5.97. The number of aryl methyl sites for hydroxylation is 1. The molecule has 0 amide bonds. The SMILES string of the molecule is Cc1ccc(-c2ccc(-c3cc(C(=O)O)no3)c(C3CCCCC3)c2)cc1C(F)(F)F. The molecule has 0 spiro atoms. The Morgan fingerprint density at radius 1 is 1.03 bits per heavy atom. The smallest absolute Gasteiger partial charge is 0.416 e. The summed E-state index contributed by atoms with van der Waals surface area (Å²) < 4.78 is 45.5. The van der Waals surface area contributed by atoms with Crippen molar-refractivity contribution >= 4 is 5.97 Å². The van der Waals surface area contributed by atoms with Gasteiger partial charge >= 0.3 is 12.1 Å². The van der Waals surface area contributed by atoms with Crippen LogP contribution in [0, 0.1) is 6.92 Å². The number of carboxylic acid groups (broad SMARTS) is 1. The Kier molecular flexibility index (Phi) is 5.60. The Morgan fingerprint density at radius 2 is 1.71 bits per heavy atom. The van der Waals surface area contributed by atoms with Crippen molar-refractivity contribution < 1.29 is 27.6 Å². The first-order valence-electron chi connectivity index (χ1n) is 10.3. The number of aromatic carboxylic acids is 1. The number of alkyl halides is 3. The summed E-state index contributed by atoms with van der Waals surface area (Å²) in [5.74, 6) is -0.593. The Bertz CT molecular complexity index is 1110. The van der Waals surface area contributed by atoms with Gasteiger partial charge in [0, 0.05) is 11.6 Å². The van der Waals surface area contributed by atoms with E-state index in [0.717, 1.165) is 43.2 Å². The van der Waals surface area contributed by atoms with Crippen LogP contribution in [0.15, 0.2) is 47.0 Å². The van der Waals surface area contributed by atoms with Crippen LogP contribution in [0.2, 0.25) is 0 Å². The summed E-state index contributed by atoms with van der Waals surface area (Å²) in [7, 11) is 0. The zero-order chi connectivity index (χ0) is 22.2. The third kappa shape index (κ3) is 4.36. The number of halogens is 3. The van der Waals surface area contributed by atoms with Crippen LogP contribution in [0.3, 0.4) is 0 Å². The molecule has 4 nitrogen and oxygen atoms in total. The summed E-state index contributed by atoms with van der Waals surface area (Å²) in [6, 6.07) is 11.2. The van der Waals surface area contributed by atoms with Gasteiger partial charge in [-0.25, -0.2) is 4.79 Å². The van der Waals surface area contributed by atoms with Gasteiger partial charge in [-0.2, -0.15) is 13.2 Å². The van der Waals surface area contributed by atoms with Crippen LogP contribution in [-0.2, 0) is 6.18 Å². The van der Waals surface area contributed by atoms with Crippen molar-refractivity contribution in [1.82, 2.24) is 5.16 Å². The molecule has 2 aromatic carbocycles. The summed E-state index contributed by atoms with van der Waals surface area (Å²) in [6.45, 7) is 1.45. The molecule has 0 bridgehead atoms. The molecular formula is C24H22F3NO3. The van der Waals surface area contributed by atoms with E-state index >= 15 is 0 Å². The highest BCUT2D eigenvalue weighted by Crippen LogP contribution is 2.41. The lowest BCUT2D eigenvalue weighted by Crippen LogP contribution is -2.08. The van der Waals surface area contributed by atoms with E-state index in [1.807, 2.05) is 6.07 Å². The number of hydrogen-bond acceptors (Lipinski definition) is 3. The van der Waals surface area contributed by atoms with Gasteiger partial charge < -0.3 is 9.63 Å². The Balaban J connectivity index is 1.82. The van der Waals surface area contributed by atoms with Crippen molar-refractivity contribution in [3.05, 3.63) is 64.8 Å². The minimum Gasteiger partial charge on any atom is -0.476 e. The number of aromatic nitrogens is 1. The number of carboxylic acids is 1. The molecule has 0 radical (unpaired) electrons. The third-order valence-corrected chi connectivity index (χ3v) is 5.97. The fourth-order valence-electron chi connectivity index (χ4n) is 4.33. The summed E-state index contributed by atoms with van der Waals surface area (Å²) in [6.07, 6.45) is 0.834. The number of benzene rings is 2. The first kappa shape index (κ1) is 21.2. The molecular weight excluding hydrogens is 407 g/mol. The molecule has 0 aliphatic heterocycles. The maximum Gasteiger partial charge on any atom is 0.416 e. The minimum absolute atomic E-state index is 0.179. The van der Waals surface area contributed by atoms with Crippen LogP contribution in [0.1, 0.15) is 65.2 Å². The highest BCUT2D eigenvalue weighted by Gasteiger charge is 2.32. The van der Waals surface area contributed by atoms with Gasteiger partial charge in [-0.3, -0.25) is 0 Å². The van der Waals surface area contributed by atoms with Gasteiger partial charge in [0.2, 0.25) is 0 Å². The summed E-state index contributed by atoms with van der Waals surface area (Å²) in [5.41, 5.74) is 2.23. The molecule has 1 saturated carbocycles. The largest absolute Gasteiger partial charge is 0.476 e. The Morgan fingerprint density at radius 3 is 2.35 bits per heavy atom. The first-order valence-corrected chi connectivity index (χ1v) is 10.3. The molecule has 0 saturated heterocycles. The molecule has 0 atom stereocenters. The second kappa shape index (κ2) is 8.21. The molecule has 3 aromatic rings. The normalized spacial score (nSPS) is 15.2. The molecule has 1 aliphatic rings. The average molecular weight is 429 g/mol. The predicted octanol–water partition coefficient (Wildman–Crippen LogP) is 7.08. The number of nitrogens with zero attached hydrogens (tertiary/aromatic N) is 1. The molecule has 162 valence electrons. The summed E-state index contributed by atoms with van der Waals surface area (Å²) in [4.78, 5) is 11.2. The van der Waals surface area contributed by atoms with E-state index in [9.17, 15) is 18.0 Å². The quantitative estimate of drug-likeness (QED) is 0.481. The minimum atomic E-state index is -4.42. The van der Waals surface area contributed by atoms with Gasteiger partial charge in [-0.05, 0) is 54.0 Å². The van der Waals surface area contributed by atoms with E-state index in [-0.39, 0.29) is 17.2 Å². The van der Waals surface area contributed by atoms with Gasteiger partial charge in [0.05, 0.1) is 5.56 Å². The Hall–Kier alpha value is -3.09. The van der Waals surface area contributed by atoms with Gasteiger partial charge in [-0.1, -0.05) is 54.8 Å². The maximum atomic E-state index is 13.4. The van der Waals surface area contributed by atoms with Crippen LogP contribution >= 0.6 is 0 Å². The van der Waals surface area contributed by atoms with Gasteiger partial charge in [0.1, 0.15) is 0 Å². The van der Waals surface area contributed by atoms with E-state index in [0.29, 0.717) is 16.9 Å². The molecule has 0 unspecified atom stereocenters. The van der Waals surface area contributed by atoms with Crippen molar-refractivity contribution in [2.45, 2.75) is 51.1 Å². The fraction of sp³-hybridized carbons (Fsp3) is 0.333. The van der Waals surface area contributed by atoms with E-state index in [2.05, 4.69) is 5.16 Å². The molecule has 1 fully saturated rings. The van der Waals surface area contributed by atoms with E-state index in [4.69, 9.17) is 9.63 Å². The molecule has 31 heavy (non-hydrogen) atoms. The van der Waals surface area contributed by atoms with Gasteiger partial charge in [-0.15, -0.1) is 0 Å². The first-order chi connectivity index (χ1) is 14.7. The molecule has 1 aromatic heterocycles. The summed E-state index contributed by atoms with van der Waals surface area (Å²) >= 11 is 0. The van der Waals surface area contributed by atoms with Crippen molar-refractivity contribution in [2.24, 2.45) is 0 Å². The number of hydrogen-bond donors (Lipinski definition) is 1. The highest BCUT2D eigenvalue weighted by atomic mass is 19.4. The molecule has 1 heterocycles. The molecule has 4 rings (SSSR count). The van der Waals surface area contributed by atoms with Crippen LogP contribution in [-0.4, -0.2) is 16.2 Å². The Labute approximate surface area is 177 Å². The lowest BCUT2D eigenvalue weighted by Gasteiger charge is -2.24. The van der Waals surface area contributed by atoms with Crippen LogP contribution in [0.5, 0.6) is 0 Å². The average Bonchev–Trinajstić information content (AvgIpc) is 3.24. The van der Waals surface area contributed by atoms with Crippen molar-refractivity contribution in [1.29, 1.82) is 0 Å². The second-order valence-electron chi connectivity index (χ2n) is 8.05. The molecule has 1 N–H and O–H groups in total. The summed E-state index contributed by atoms with van der Waals surface area (Å²) in [5, 5.41) is 12.8. The predicted molar refractivity (Wildman–Crippen MR) is 110 cm³/mol. The second-order valence-corrected chi connectivity index (χ2v) is 8.05. The van der Waals surface area contributed by atoms with Crippen molar-refractivity contribution in [3.63, 3.8) is 0 Å². The van der Waals surface area contributed by atoms with Gasteiger partial charge in [0.25, 0.3) is 0 Å². The standard InChI is InChI=1S/C24H22F3NO3/c1-14-7-8-17(12-20(14)24(25,26)27)16-9-10-18(22-13-21(23(29)30)28-31-22)19(11-16)15-5-3-2-4-6-15/h7-13,15H,2-6H2,1H3,(H,29,30). The molecule has 1 aliphatic carbocycles. The fourth-order valence-corrected chi connectivity index (χ4v) is 4.33. The van der Waals surface area contributed by atoms with Crippen molar-refractivity contribution in [3.8, 4) is 22.5 Å². The monoisotopic (exact) mass is 429 g/mol. The van der Waals surface area contributed by atoms with Crippen LogP contribution in [0.25, 0.3) is 22.5 Å². The van der Waals surface area contributed by atoms with Crippen LogP contribution < -0.4 is 0 Å². The highest BCUT2D eigenvalue weighted by molar-refractivity contribution is 5.86.